The highest BCUT2D eigenvalue weighted by Gasteiger charge is 2.39. The second-order valence-corrected chi connectivity index (χ2v) is 6.03. The molecule has 0 heterocycles. The Balaban J connectivity index is 2.89. The van der Waals surface area contributed by atoms with Crippen molar-refractivity contribution in [3.8, 4) is 0 Å². The summed E-state index contributed by atoms with van der Waals surface area (Å²) in [5.41, 5.74) is 0. The van der Waals surface area contributed by atoms with Crippen molar-refractivity contribution in [3.63, 3.8) is 0 Å². The maximum absolute atomic E-state index is 12.4. The summed E-state index contributed by atoms with van der Waals surface area (Å²) < 4.78 is 9.68. The van der Waals surface area contributed by atoms with Gasteiger partial charge in [-0.15, -0.1) is 0 Å². The third kappa shape index (κ3) is 6.72. The zero-order valence-electron chi connectivity index (χ0n) is 14.8. The second-order valence-electron chi connectivity index (χ2n) is 6.03. The van der Waals surface area contributed by atoms with Crippen LogP contribution < -0.4 is 5.32 Å². The molecule has 1 amide bonds. The maximum Gasteiger partial charge on any atom is 0.327 e. The molecular weight excluding hydrogens is 330 g/mol. The number of nitrogens with one attached hydrogen (secondary N) is 1. The minimum atomic E-state index is -1.53. The van der Waals surface area contributed by atoms with E-state index >= 15 is 0 Å². The van der Waals surface area contributed by atoms with Crippen molar-refractivity contribution in [1.82, 2.24) is 5.32 Å². The molecule has 0 aromatic rings. The number of hydrogen-bond acceptors (Lipinski definition) is 6. The first-order valence-corrected chi connectivity index (χ1v) is 8.76. The predicted molar refractivity (Wildman–Crippen MR) is 87.5 cm³/mol. The largest absolute Gasteiger partial charge is 0.480 e. The number of hydrogen-bond donors (Lipinski definition) is 2. The fraction of sp³-hybridized carbons (Fsp3) is 0.765. The van der Waals surface area contributed by atoms with Crippen LogP contribution >= 0.6 is 0 Å². The third-order valence-corrected chi connectivity index (χ3v) is 4.22. The summed E-state index contributed by atoms with van der Waals surface area (Å²) in [6.45, 7) is 3.34. The number of aliphatic carboxylic acids is 1. The zero-order valence-corrected chi connectivity index (χ0v) is 14.8. The van der Waals surface area contributed by atoms with Crippen LogP contribution in [0.1, 0.15) is 52.4 Å². The number of carbonyl (C=O) groups is 4. The van der Waals surface area contributed by atoms with Crippen LogP contribution in [0, 0.1) is 11.8 Å². The standard InChI is InChI=1S/C17H27NO7/c1-3-24-13(19)10-12(17(23)25-4-2)14(16(21)22)18-15(20)11-8-6-5-7-9-11/h11-12,14H,3-10H2,1-2H3,(H,18,20)(H,21,22)/t12-,14-/m0/s1. The highest BCUT2D eigenvalue weighted by molar-refractivity contribution is 5.91. The lowest BCUT2D eigenvalue weighted by atomic mass is 9.87. The molecule has 0 unspecified atom stereocenters. The predicted octanol–water partition coefficient (Wildman–Crippen LogP) is 1.27. The summed E-state index contributed by atoms with van der Waals surface area (Å²) in [7, 11) is 0. The number of amides is 1. The molecule has 1 aliphatic carbocycles. The molecular formula is C17H27NO7. The number of ether oxygens (including phenoxy) is 2. The normalized spacial score (nSPS) is 17.2. The number of esters is 2. The first-order chi connectivity index (χ1) is 11.9. The summed E-state index contributed by atoms with van der Waals surface area (Å²) in [6, 6.07) is -1.53. The Morgan fingerprint density at radius 2 is 1.64 bits per heavy atom. The summed E-state index contributed by atoms with van der Waals surface area (Å²) in [4.78, 5) is 47.9. The first kappa shape index (κ1) is 20.9. The van der Waals surface area contributed by atoms with E-state index < -0.39 is 42.2 Å². The van der Waals surface area contributed by atoms with Crippen molar-refractivity contribution in [2.24, 2.45) is 11.8 Å². The molecule has 0 spiro atoms. The Labute approximate surface area is 147 Å². The third-order valence-electron chi connectivity index (χ3n) is 4.22. The molecule has 25 heavy (non-hydrogen) atoms. The average molecular weight is 357 g/mol. The molecule has 8 nitrogen and oxygen atoms in total. The van der Waals surface area contributed by atoms with Crippen molar-refractivity contribution in [1.29, 1.82) is 0 Å². The van der Waals surface area contributed by atoms with Crippen molar-refractivity contribution in [2.75, 3.05) is 13.2 Å². The summed E-state index contributed by atoms with van der Waals surface area (Å²) in [5, 5.41) is 11.9. The molecule has 1 fully saturated rings. The van der Waals surface area contributed by atoms with E-state index in [9.17, 15) is 24.3 Å². The molecule has 142 valence electrons. The number of carbonyl (C=O) groups excluding carboxylic acids is 3. The molecule has 0 aliphatic heterocycles. The molecule has 0 aromatic heterocycles. The van der Waals surface area contributed by atoms with Gasteiger partial charge in [-0.3, -0.25) is 14.4 Å². The monoisotopic (exact) mass is 357 g/mol. The molecule has 2 atom stereocenters. The fourth-order valence-electron chi connectivity index (χ4n) is 2.96. The molecule has 0 saturated heterocycles. The van der Waals surface area contributed by atoms with Crippen LogP contribution in [0.3, 0.4) is 0 Å². The van der Waals surface area contributed by atoms with Crippen LogP contribution in [0.2, 0.25) is 0 Å². The molecule has 1 aliphatic rings. The van der Waals surface area contributed by atoms with Gasteiger partial charge in [0.2, 0.25) is 5.91 Å². The highest BCUT2D eigenvalue weighted by Crippen LogP contribution is 2.24. The molecule has 0 radical (unpaired) electrons. The number of carboxylic acid groups (broad SMARTS) is 1. The van der Waals surface area contributed by atoms with Gasteiger partial charge in [0, 0.05) is 5.92 Å². The Morgan fingerprint density at radius 3 is 2.16 bits per heavy atom. The first-order valence-electron chi connectivity index (χ1n) is 8.76. The molecule has 2 N–H and O–H groups in total. The quantitative estimate of drug-likeness (QED) is 0.596. The van der Waals surface area contributed by atoms with Crippen LogP contribution in [-0.2, 0) is 28.7 Å². The van der Waals surface area contributed by atoms with Crippen LogP contribution in [0.5, 0.6) is 0 Å². The van der Waals surface area contributed by atoms with Gasteiger partial charge in [0.15, 0.2) is 0 Å². The van der Waals surface area contributed by atoms with Gasteiger partial charge in [0.05, 0.1) is 25.6 Å². The van der Waals surface area contributed by atoms with Gasteiger partial charge < -0.3 is 19.9 Å². The van der Waals surface area contributed by atoms with Crippen molar-refractivity contribution < 1.29 is 33.8 Å². The van der Waals surface area contributed by atoms with Gasteiger partial charge in [0.1, 0.15) is 6.04 Å². The Kier molecular flexibility index (Phi) is 8.94. The summed E-state index contributed by atoms with van der Waals surface area (Å²) in [5.74, 6) is -4.92. The summed E-state index contributed by atoms with van der Waals surface area (Å²) >= 11 is 0. The molecule has 1 rings (SSSR count). The Bertz CT molecular complexity index is 485. The molecule has 8 heteroatoms. The minimum Gasteiger partial charge on any atom is -0.480 e. The van der Waals surface area contributed by atoms with Gasteiger partial charge in [-0.25, -0.2) is 4.79 Å². The smallest absolute Gasteiger partial charge is 0.327 e. The number of carboxylic acids is 1. The minimum absolute atomic E-state index is 0.0427. The van der Waals surface area contributed by atoms with Crippen LogP contribution in [0.25, 0.3) is 0 Å². The lowest BCUT2D eigenvalue weighted by Crippen LogP contribution is -2.51. The maximum atomic E-state index is 12.4. The van der Waals surface area contributed by atoms with Crippen molar-refractivity contribution >= 4 is 23.8 Å². The summed E-state index contributed by atoms with van der Waals surface area (Å²) in [6.07, 6.45) is 3.81. The van der Waals surface area contributed by atoms with E-state index in [2.05, 4.69) is 5.32 Å². The van der Waals surface area contributed by atoms with E-state index in [-0.39, 0.29) is 19.1 Å². The van der Waals surface area contributed by atoms with Crippen LogP contribution in [-0.4, -0.2) is 48.2 Å². The van der Waals surface area contributed by atoms with Gasteiger partial charge in [-0.2, -0.15) is 0 Å². The SMILES string of the molecule is CCOC(=O)C[C@H](C(=O)OCC)[C@H](NC(=O)C1CCCCC1)C(=O)O. The van der Waals surface area contributed by atoms with E-state index in [1.54, 1.807) is 13.8 Å². The number of rotatable bonds is 9. The average Bonchev–Trinajstić information content (AvgIpc) is 2.58. The molecule has 0 bridgehead atoms. The van der Waals surface area contributed by atoms with Crippen molar-refractivity contribution in [3.05, 3.63) is 0 Å². The van der Waals surface area contributed by atoms with E-state index in [4.69, 9.17) is 9.47 Å². The Hall–Kier alpha value is -2.12. The topological polar surface area (TPSA) is 119 Å². The van der Waals surface area contributed by atoms with Crippen LogP contribution in [0.4, 0.5) is 0 Å². The van der Waals surface area contributed by atoms with Gasteiger partial charge in [-0.1, -0.05) is 19.3 Å². The van der Waals surface area contributed by atoms with E-state index in [0.717, 1.165) is 19.3 Å². The fourth-order valence-corrected chi connectivity index (χ4v) is 2.96. The van der Waals surface area contributed by atoms with Gasteiger partial charge >= 0.3 is 17.9 Å². The molecule has 0 aromatic carbocycles. The van der Waals surface area contributed by atoms with Crippen LogP contribution in [0.15, 0.2) is 0 Å². The van der Waals surface area contributed by atoms with Crippen molar-refractivity contribution in [2.45, 2.75) is 58.4 Å². The molecule has 1 saturated carbocycles. The lowest BCUT2D eigenvalue weighted by Gasteiger charge is -2.26. The van der Waals surface area contributed by atoms with E-state index in [1.165, 1.54) is 0 Å². The van der Waals surface area contributed by atoms with E-state index in [0.29, 0.717) is 12.8 Å². The zero-order chi connectivity index (χ0) is 18.8. The lowest BCUT2D eigenvalue weighted by molar-refractivity contribution is -0.160. The second kappa shape index (κ2) is 10.7. The highest BCUT2D eigenvalue weighted by atomic mass is 16.5. The Morgan fingerprint density at radius 1 is 1.04 bits per heavy atom. The van der Waals surface area contributed by atoms with Gasteiger partial charge in [0.25, 0.3) is 0 Å². The van der Waals surface area contributed by atoms with E-state index in [1.807, 2.05) is 0 Å². The van der Waals surface area contributed by atoms with Gasteiger partial charge in [-0.05, 0) is 26.7 Å².